The van der Waals surface area contributed by atoms with Crippen molar-refractivity contribution in [3.05, 3.63) is 35.1 Å². The molecule has 3 heterocycles. The van der Waals surface area contributed by atoms with Crippen LogP contribution in [0, 0.1) is 0 Å². The quantitative estimate of drug-likeness (QED) is 0.738. The molecule has 0 bridgehead atoms. The molecule has 0 spiro atoms. The number of rotatable bonds is 4. The van der Waals surface area contributed by atoms with Crippen molar-refractivity contribution in [1.29, 1.82) is 0 Å². The largest absolute Gasteiger partial charge is 0.381 e. The summed E-state index contributed by atoms with van der Waals surface area (Å²) in [6, 6.07) is 1.95. The monoisotopic (exact) mass is 291 g/mol. The van der Waals surface area contributed by atoms with Gasteiger partial charge in [0.2, 0.25) is 11.7 Å². The summed E-state index contributed by atoms with van der Waals surface area (Å²) in [7, 11) is 0. The average molecular weight is 291 g/mol. The Morgan fingerprint density at radius 2 is 2.21 bits per heavy atom. The van der Waals surface area contributed by atoms with Crippen molar-refractivity contribution >= 4 is 28.9 Å². The van der Waals surface area contributed by atoms with Crippen molar-refractivity contribution in [2.24, 2.45) is 0 Å². The first-order valence-electron chi connectivity index (χ1n) is 5.37. The van der Waals surface area contributed by atoms with Gasteiger partial charge in [0.1, 0.15) is 5.03 Å². The summed E-state index contributed by atoms with van der Waals surface area (Å²) in [6.45, 7) is 0. The number of aromatic nitrogens is 4. The molecule has 0 fully saturated rings. The van der Waals surface area contributed by atoms with Crippen LogP contribution in [-0.2, 0) is 5.75 Å². The van der Waals surface area contributed by atoms with Crippen LogP contribution in [-0.4, -0.2) is 20.1 Å². The van der Waals surface area contributed by atoms with Crippen LogP contribution in [0.2, 0.25) is 0 Å². The van der Waals surface area contributed by atoms with Gasteiger partial charge in [-0.05, 0) is 11.4 Å². The molecule has 0 atom stereocenters. The Kier molecular flexibility index (Phi) is 3.43. The van der Waals surface area contributed by atoms with E-state index in [1.165, 1.54) is 11.8 Å². The second-order valence-electron chi connectivity index (χ2n) is 3.56. The zero-order valence-corrected chi connectivity index (χ0v) is 11.3. The topological polar surface area (TPSA) is 90.7 Å². The molecular formula is C11H9N5OS2. The lowest BCUT2D eigenvalue weighted by Gasteiger charge is -1.99. The SMILES string of the molecule is Nc1nccnc1SCc1nc(-c2ccsc2)no1. The number of anilines is 1. The summed E-state index contributed by atoms with van der Waals surface area (Å²) in [5, 5.41) is 8.55. The molecule has 96 valence electrons. The Balaban J connectivity index is 1.70. The summed E-state index contributed by atoms with van der Waals surface area (Å²) in [4.78, 5) is 12.4. The van der Waals surface area contributed by atoms with Crippen molar-refractivity contribution in [1.82, 2.24) is 20.1 Å². The molecule has 2 N–H and O–H groups in total. The maximum atomic E-state index is 5.71. The molecule has 0 aliphatic heterocycles. The van der Waals surface area contributed by atoms with Gasteiger partial charge in [-0.25, -0.2) is 9.97 Å². The van der Waals surface area contributed by atoms with E-state index in [1.54, 1.807) is 23.7 Å². The van der Waals surface area contributed by atoms with Gasteiger partial charge < -0.3 is 10.3 Å². The van der Waals surface area contributed by atoms with Crippen molar-refractivity contribution < 1.29 is 4.52 Å². The van der Waals surface area contributed by atoms with Gasteiger partial charge in [0.25, 0.3) is 0 Å². The first-order valence-corrected chi connectivity index (χ1v) is 7.30. The lowest BCUT2D eigenvalue weighted by atomic mass is 10.3. The van der Waals surface area contributed by atoms with Crippen LogP contribution in [0.25, 0.3) is 11.4 Å². The summed E-state index contributed by atoms with van der Waals surface area (Å²) in [5.41, 5.74) is 6.67. The molecule has 0 saturated heterocycles. The Labute approximate surface area is 117 Å². The molecule has 8 heteroatoms. The van der Waals surface area contributed by atoms with Gasteiger partial charge in [-0.15, -0.1) is 0 Å². The lowest BCUT2D eigenvalue weighted by Crippen LogP contribution is -1.95. The van der Waals surface area contributed by atoms with Crippen LogP contribution < -0.4 is 5.73 Å². The van der Waals surface area contributed by atoms with Crippen LogP contribution in [0.4, 0.5) is 5.82 Å². The first kappa shape index (κ1) is 12.1. The molecule has 3 aromatic rings. The van der Waals surface area contributed by atoms with E-state index in [4.69, 9.17) is 10.3 Å². The van der Waals surface area contributed by atoms with Crippen LogP contribution >= 0.6 is 23.1 Å². The fourth-order valence-corrected chi connectivity index (χ4v) is 2.75. The maximum absolute atomic E-state index is 5.71. The van der Waals surface area contributed by atoms with Gasteiger partial charge in [0.05, 0.1) is 5.75 Å². The van der Waals surface area contributed by atoms with E-state index in [0.29, 0.717) is 28.3 Å². The van der Waals surface area contributed by atoms with Crippen molar-refractivity contribution in [2.45, 2.75) is 10.8 Å². The Morgan fingerprint density at radius 3 is 3.00 bits per heavy atom. The first-order chi connectivity index (χ1) is 9.33. The number of hydrogen-bond acceptors (Lipinski definition) is 8. The van der Waals surface area contributed by atoms with Gasteiger partial charge in [0.15, 0.2) is 5.82 Å². The standard InChI is InChI=1S/C11H9N5OS2/c12-9-11(14-3-2-13-9)19-6-8-15-10(16-17-8)7-1-4-18-5-7/h1-5H,6H2,(H2,12,13). The normalized spacial score (nSPS) is 10.7. The predicted octanol–water partition coefficient (Wildman–Crippen LogP) is 2.46. The highest BCUT2D eigenvalue weighted by Crippen LogP contribution is 2.25. The fourth-order valence-electron chi connectivity index (χ4n) is 1.40. The van der Waals surface area contributed by atoms with Gasteiger partial charge in [-0.1, -0.05) is 16.9 Å². The molecule has 0 aromatic carbocycles. The third-order valence-corrected chi connectivity index (χ3v) is 3.93. The summed E-state index contributed by atoms with van der Waals surface area (Å²) >= 11 is 3.01. The van der Waals surface area contributed by atoms with Crippen LogP contribution in [0.15, 0.2) is 38.8 Å². The van der Waals surface area contributed by atoms with E-state index >= 15 is 0 Å². The van der Waals surface area contributed by atoms with Crippen LogP contribution in [0.5, 0.6) is 0 Å². The van der Waals surface area contributed by atoms with E-state index in [2.05, 4.69) is 20.1 Å². The smallest absolute Gasteiger partial charge is 0.237 e. The highest BCUT2D eigenvalue weighted by atomic mass is 32.2. The molecule has 3 rings (SSSR count). The van der Waals surface area contributed by atoms with E-state index in [-0.39, 0.29) is 0 Å². The Bertz CT molecular complexity index is 667. The molecular weight excluding hydrogens is 282 g/mol. The second kappa shape index (κ2) is 5.37. The maximum Gasteiger partial charge on any atom is 0.237 e. The highest BCUT2D eigenvalue weighted by molar-refractivity contribution is 7.98. The summed E-state index contributed by atoms with van der Waals surface area (Å²) < 4.78 is 5.18. The Hall–Kier alpha value is -1.93. The van der Waals surface area contributed by atoms with E-state index < -0.39 is 0 Å². The van der Waals surface area contributed by atoms with Crippen molar-refractivity contribution in [3.63, 3.8) is 0 Å². The highest BCUT2D eigenvalue weighted by Gasteiger charge is 2.10. The average Bonchev–Trinajstić information content (AvgIpc) is 3.09. The van der Waals surface area contributed by atoms with E-state index in [0.717, 1.165) is 5.56 Å². The van der Waals surface area contributed by atoms with Gasteiger partial charge >= 0.3 is 0 Å². The van der Waals surface area contributed by atoms with Gasteiger partial charge in [-0.3, -0.25) is 0 Å². The van der Waals surface area contributed by atoms with Crippen LogP contribution in [0.1, 0.15) is 5.89 Å². The van der Waals surface area contributed by atoms with Gasteiger partial charge in [0, 0.05) is 23.3 Å². The van der Waals surface area contributed by atoms with Crippen molar-refractivity contribution in [2.75, 3.05) is 5.73 Å². The number of thioether (sulfide) groups is 1. The number of hydrogen-bond donors (Lipinski definition) is 1. The summed E-state index contributed by atoms with van der Waals surface area (Å²) in [5.74, 6) is 2.06. The minimum absolute atomic E-state index is 0.407. The zero-order chi connectivity index (χ0) is 13.1. The van der Waals surface area contributed by atoms with Crippen molar-refractivity contribution in [3.8, 4) is 11.4 Å². The predicted molar refractivity (Wildman–Crippen MR) is 73.6 cm³/mol. The molecule has 3 aromatic heterocycles. The molecule has 0 saturated carbocycles. The van der Waals surface area contributed by atoms with E-state index in [1.807, 2.05) is 16.8 Å². The number of thiophene rings is 1. The Morgan fingerprint density at radius 1 is 1.32 bits per heavy atom. The zero-order valence-electron chi connectivity index (χ0n) is 9.68. The fraction of sp³-hybridized carbons (Fsp3) is 0.0909. The molecule has 19 heavy (non-hydrogen) atoms. The third kappa shape index (κ3) is 2.74. The van der Waals surface area contributed by atoms with Crippen LogP contribution in [0.3, 0.4) is 0 Å². The van der Waals surface area contributed by atoms with Gasteiger partial charge in [-0.2, -0.15) is 16.3 Å². The lowest BCUT2D eigenvalue weighted by molar-refractivity contribution is 0.391. The molecule has 0 aliphatic carbocycles. The molecule has 0 unspecified atom stereocenters. The summed E-state index contributed by atoms with van der Waals surface area (Å²) in [6.07, 6.45) is 3.16. The minimum atomic E-state index is 0.407. The molecule has 0 amide bonds. The second-order valence-corrected chi connectivity index (χ2v) is 5.30. The molecule has 0 radical (unpaired) electrons. The third-order valence-electron chi connectivity index (χ3n) is 2.27. The number of nitrogens with zero attached hydrogens (tertiary/aromatic N) is 4. The van der Waals surface area contributed by atoms with E-state index in [9.17, 15) is 0 Å². The number of nitrogen functional groups attached to an aromatic ring is 1. The molecule has 0 aliphatic rings. The minimum Gasteiger partial charge on any atom is -0.381 e. The molecule has 6 nitrogen and oxygen atoms in total. The number of nitrogens with two attached hydrogens (primary N) is 1.